The zero-order valence-corrected chi connectivity index (χ0v) is 15.5. The Labute approximate surface area is 158 Å². The van der Waals surface area contributed by atoms with Crippen molar-refractivity contribution in [2.75, 3.05) is 13.1 Å². The molecule has 1 saturated carbocycles. The van der Waals surface area contributed by atoms with E-state index < -0.39 is 17.5 Å². The number of hydrogen-bond donors (Lipinski definition) is 2. The first-order valence-electron chi connectivity index (χ1n) is 9.50. The summed E-state index contributed by atoms with van der Waals surface area (Å²) in [6, 6.07) is 7.84. The second kappa shape index (κ2) is 7.05. The van der Waals surface area contributed by atoms with Crippen LogP contribution in [0.3, 0.4) is 0 Å². The molecule has 7 heteroatoms. The summed E-state index contributed by atoms with van der Waals surface area (Å²) in [6.07, 6.45) is 2.30. The van der Waals surface area contributed by atoms with Crippen molar-refractivity contribution in [2.45, 2.75) is 45.3 Å². The van der Waals surface area contributed by atoms with Crippen molar-refractivity contribution in [1.82, 2.24) is 15.0 Å². The minimum atomic E-state index is -1.10. The fraction of sp³-hybridized carbons (Fsp3) is 0.550. The first kappa shape index (κ1) is 18.1. The van der Waals surface area contributed by atoms with Crippen LogP contribution in [0.15, 0.2) is 28.8 Å². The zero-order chi connectivity index (χ0) is 19.0. The minimum Gasteiger partial charge on any atom is -0.481 e. The van der Waals surface area contributed by atoms with Crippen LogP contribution in [0, 0.1) is 18.3 Å². The SMILES string of the molecule is Cc1ccccc1-c1noc(CN2CC[C@H](O)[C@](CC3CC3)(C(=O)O)C2)n1. The number of aliphatic carboxylic acids is 1. The average molecular weight is 371 g/mol. The third-order valence-corrected chi connectivity index (χ3v) is 5.85. The van der Waals surface area contributed by atoms with Gasteiger partial charge in [-0.3, -0.25) is 9.69 Å². The number of hydrogen-bond acceptors (Lipinski definition) is 6. The van der Waals surface area contributed by atoms with Gasteiger partial charge >= 0.3 is 5.97 Å². The predicted octanol–water partition coefficient (Wildman–Crippen LogP) is 2.48. The molecule has 0 spiro atoms. The first-order valence-corrected chi connectivity index (χ1v) is 9.50. The van der Waals surface area contributed by atoms with E-state index in [2.05, 4.69) is 10.1 Å². The van der Waals surface area contributed by atoms with Crippen LogP contribution in [0.1, 0.15) is 37.1 Å². The molecule has 2 heterocycles. The molecule has 144 valence electrons. The summed E-state index contributed by atoms with van der Waals surface area (Å²) in [4.78, 5) is 18.5. The van der Waals surface area contributed by atoms with Crippen LogP contribution < -0.4 is 0 Å². The van der Waals surface area contributed by atoms with Gasteiger partial charge in [-0.25, -0.2) is 0 Å². The fourth-order valence-electron chi connectivity index (χ4n) is 4.08. The van der Waals surface area contributed by atoms with Gasteiger partial charge in [-0.05, 0) is 31.2 Å². The molecular weight excluding hydrogens is 346 g/mol. The molecule has 1 aromatic heterocycles. The van der Waals surface area contributed by atoms with E-state index in [0.29, 0.717) is 50.1 Å². The molecule has 1 aliphatic heterocycles. The molecule has 2 aromatic rings. The molecule has 2 atom stereocenters. The summed E-state index contributed by atoms with van der Waals surface area (Å²) in [5, 5.41) is 24.4. The van der Waals surface area contributed by atoms with E-state index in [9.17, 15) is 15.0 Å². The zero-order valence-electron chi connectivity index (χ0n) is 15.5. The van der Waals surface area contributed by atoms with E-state index in [-0.39, 0.29) is 0 Å². The van der Waals surface area contributed by atoms with Crippen LogP contribution in [-0.2, 0) is 11.3 Å². The number of carboxylic acid groups (broad SMARTS) is 1. The van der Waals surface area contributed by atoms with Gasteiger partial charge in [0.1, 0.15) is 5.41 Å². The van der Waals surface area contributed by atoms with Gasteiger partial charge in [-0.15, -0.1) is 0 Å². The van der Waals surface area contributed by atoms with Crippen molar-refractivity contribution in [3.05, 3.63) is 35.7 Å². The lowest BCUT2D eigenvalue weighted by Crippen LogP contribution is -2.56. The maximum Gasteiger partial charge on any atom is 0.313 e. The molecule has 2 aliphatic rings. The number of likely N-dealkylation sites (tertiary alicyclic amines) is 1. The molecule has 1 aromatic carbocycles. The van der Waals surface area contributed by atoms with Crippen LogP contribution in [0.2, 0.25) is 0 Å². The number of aliphatic hydroxyl groups is 1. The minimum absolute atomic E-state index is 0.308. The molecule has 0 unspecified atom stereocenters. The van der Waals surface area contributed by atoms with Gasteiger partial charge in [0.05, 0.1) is 12.6 Å². The van der Waals surface area contributed by atoms with Gasteiger partial charge in [-0.2, -0.15) is 4.98 Å². The third kappa shape index (κ3) is 3.61. The van der Waals surface area contributed by atoms with Crippen LogP contribution in [0.5, 0.6) is 0 Å². The summed E-state index contributed by atoms with van der Waals surface area (Å²) in [5.41, 5.74) is 0.897. The van der Waals surface area contributed by atoms with Crippen LogP contribution in [0.4, 0.5) is 0 Å². The highest BCUT2D eigenvalue weighted by Gasteiger charge is 2.51. The molecule has 2 N–H and O–H groups in total. The Morgan fingerprint density at radius 2 is 2.11 bits per heavy atom. The maximum absolute atomic E-state index is 12.0. The van der Waals surface area contributed by atoms with Gasteiger partial charge in [-0.1, -0.05) is 42.3 Å². The van der Waals surface area contributed by atoms with E-state index in [0.717, 1.165) is 24.0 Å². The van der Waals surface area contributed by atoms with E-state index in [1.54, 1.807) is 0 Å². The Bertz CT molecular complexity index is 832. The quantitative estimate of drug-likeness (QED) is 0.804. The van der Waals surface area contributed by atoms with Crippen molar-refractivity contribution in [3.8, 4) is 11.4 Å². The highest BCUT2D eigenvalue weighted by atomic mass is 16.5. The second-order valence-corrected chi connectivity index (χ2v) is 7.95. The van der Waals surface area contributed by atoms with E-state index in [1.807, 2.05) is 36.1 Å². The number of aromatic nitrogens is 2. The van der Waals surface area contributed by atoms with Gasteiger partial charge in [0, 0.05) is 18.7 Å². The van der Waals surface area contributed by atoms with E-state index in [4.69, 9.17) is 4.52 Å². The largest absolute Gasteiger partial charge is 0.481 e. The van der Waals surface area contributed by atoms with Crippen molar-refractivity contribution >= 4 is 5.97 Å². The lowest BCUT2D eigenvalue weighted by Gasteiger charge is -2.43. The number of benzene rings is 1. The number of piperidine rings is 1. The number of rotatable bonds is 6. The molecule has 1 saturated heterocycles. The van der Waals surface area contributed by atoms with Crippen LogP contribution in [-0.4, -0.2) is 50.4 Å². The Kier molecular flexibility index (Phi) is 4.74. The van der Waals surface area contributed by atoms with Gasteiger partial charge in [0.15, 0.2) is 0 Å². The molecule has 27 heavy (non-hydrogen) atoms. The maximum atomic E-state index is 12.0. The predicted molar refractivity (Wildman–Crippen MR) is 97.8 cm³/mol. The van der Waals surface area contributed by atoms with Crippen molar-refractivity contribution < 1.29 is 19.5 Å². The third-order valence-electron chi connectivity index (χ3n) is 5.85. The Balaban J connectivity index is 1.50. The van der Waals surface area contributed by atoms with Gasteiger partial charge < -0.3 is 14.7 Å². The van der Waals surface area contributed by atoms with E-state index in [1.165, 1.54) is 0 Å². The smallest absolute Gasteiger partial charge is 0.313 e. The topological polar surface area (TPSA) is 99.7 Å². The van der Waals surface area contributed by atoms with E-state index >= 15 is 0 Å². The summed E-state index contributed by atoms with van der Waals surface area (Å²) in [6.45, 7) is 3.31. The summed E-state index contributed by atoms with van der Waals surface area (Å²) in [7, 11) is 0. The normalized spacial score (nSPS) is 26.2. The number of nitrogens with zero attached hydrogens (tertiary/aromatic N) is 3. The number of aliphatic hydroxyl groups excluding tert-OH is 1. The van der Waals surface area contributed by atoms with Crippen LogP contribution in [0.25, 0.3) is 11.4 Å². The number of aryl methyl sites for hydroxylation is 1. The molecule has 7 nitrogen and oxygen atoms in total. The lowest BCUT2D eigenvalue weighted by molar-refractivity contribution is -0.165. The fourth-order valence-corrected chi connectivity index (χ4v) is 4.08. The monoisotopic (exact) mass is 371 g/mol. The second-order valence-electron chi connectivity index (χ2n) is 7.95. The molecule has 0 bridgehead atoms. The average Bonchev–Trinajstić information content (AvgIpc) is 3.34. The summed E-state index contributed by atoms with van der Waals surface area (Å²) >= 11 is 0. The molecule has 4 rings (SSSR count). The summed E-state index contributed by atoms with van der Waals surface area (Å²) in [5.74, 6) is 0.530. The summed E-state index contributed by atoms with van der Waals surface area (Å²) < 4.78 is 5.41. The highest BCUT2D eigenvalue weighted by molar-refractivity contribution is 5.76. The van der Waals surface area contributed by atoms with Crippen molar-refractivity contribution in [3.63, 3.8) is 0 Å². The van der Waals surface area contributed by atoms with Gasteiger partial charge in [0.25, 0.3) is 0 Å². The first-order chi connectivity index (χ1) is 13.0. The van der Waals surface area contributed by atoms with Gasteiger partial charge in [0.2, 0.25) is 11.7 Å². The lowest BCUT2D eigenvalue weighted by atomic mass is 9.73. The highest BCUT2D eigenvalue weighted by Crippen LogP contribution is 2.45. The Morgan fingerprint density at radius 3 is 2.81 bits per heavy atom. The molecule has 0 radical (unpaired) electrons. The van der Waals surface area contributed by atoms with Crippen molar-refractivity contribution in [1.29, 1.82) is 0 Å². The number of carboxylic acids is 1. The molecule has 0 amide bonds. The standard InChI is InChI=1S/C20H25N3O4/c1-13-4-2-3-5-15(13)18-21-17(27-22-18)11-23-9-8-16(24)20(12-23,19(25)26)10-14-6-7-14/h2-5,14,16,24H,6-12H2,1H3,(H,25,26)/t16-,20+/m0/s1. The molecular formula is C20H25N3O4. The number of carbonyl (C=O) groups is 1. The van der Waals surface area contributed by atoms with Crippen LogP contribution >= 0.6 is 0 Å². The molecule has 1 aliphatic carbocycles. The Hall–Kier alpha value is -2.25. The van der Waals surface area contributed by atoms with Crippen molar-refractivity contribution in [2.24, 2.45) is 11.3 Å². The molecule has 2 fully saturated rings. The Morgan fingerprint density at radius 1 is 1.33 bits per heavy atom.